The van der Waals surface area contributed by atoms with Crippen LogP contribution in [-0.2, 0) is 0 Å². The Hall–Kier alpha value is -1.66. The van der Waals surface area contributed by atoms with Crippen LogP contribution in [0.4, 0.5) is 0 Å². The molecule has 1 atom stereocenters. The molecule has 2 aromatic rings. The summed E-state index contributed by atoms with van der Waals surface area (Å²) < 4.78 is 1.78. The summed E-state index contributed by atoms with van der Waals surface area (Å²) in [6.07, 6.45) is 0. The molecule has 2 N–H and O–H groups in total. The van der Waals surface area contributed by atoms with Crippen molar-refractivity contribution in [3.05, 3.63) is 56.5 Å². The van der Waals surface area contributed by atoms with Crippen LogP contribution in [0, 0.1) is 0 Å². The molecule has 0 fully saturated rings. The van der Waals surface area contributed by atoms with E-state index in [4.69, 9.17) is 0 Å². The number of phenols is 2. The number of halogens is 2. The van der Waals surface area contributed by atoms with Crippen molar-refractivity contribution in [1.29, 1.82) is 0 Å². The first kappa shape index (κ1) is 19.7. The maximum absolute atomic E-state index is 9.98. The second kappa shape index (κ2) is 8.63. The highest BCUT2D eigenvalue weighted by atomic mass is 79.9. The van der Waals surface area contributed by atoms with Crippen LogP contribution in [0.25, 0.3) is 0 Å². The van der Waals surface area contributed by atoms with Gasteiger partial charge >= 0.3 is 0 Å². The second-order valence-corrected chi connectivity index (χ2v) is 7.64. The van der Waals surface area contributed by atoms with E-state index in [1.54, 1.807) is 24.3 Å². The van der Waals surface area contributed by atoms with Crippen LogP contribution in [0.2, 0.25) is 0 Å². The standard InChI is InChI=1S/C19H20Br2N2O2/c1-11(23-13(3)17-9-15(21)5-7-19(17)25)10-22-12(2)16-8-14(20)4-6-18(16)24/h4-9,11,24-25H,10H2,1-3H3. The lowest BCUT2D eigenvalue weighted by molar-refractivity contribution is 0.473. The molecule has 0 bridgehead atoms. The normalized spacial score (nSPS) is 13.8. The molecule has 0 aliphatic carbocycles. The Labute approximate surface area is 164 Å². The van der Waals surface area contributed by atoms with Crippen LogP contribution in [-0.4, -0.2) is 34.2 Å². The van der Waals surface area contributed by atoms with E-state index in [0.717, 1.165) is 20.4 Å². The fourth-order valence-electron chi connectivity index (χ4n) is 2.39. The zero-order valence-electron chi connectivity index (χ0n) is 14.3. The summed E-state index contributed by atoms with van der Waals surface area (Å²) in [7, 11) is 0. The fourth-order valence-corrected chi connectivity index (χ4v) is 3.11. The summed E-state index contributed by atoms with van der Waals surface area (Å²) in [5.41, 5.74) is 2.91. The van der Waals surface area contributed by atoms with Gasteiger partial charge in [-0.05, 0) is 57.2 Å². The van der Waals surface area contributed by atoms with E-state index in [0.29, 0.717) is 17.7 Å². The molecule has 2 aromatic carbocycles. The van der Waals surface area contributed by atoms with E-state index in [-0.39, 0.29) is 17.5 Å². The molecule has 0 aliphatic rings. The van der Waals surface area contributed by atoms with Gasteiger partial charge in [-0.2, -0.15) is 0 Å². The number of phenolic OH excluding ortho intramolecular Hbond substituents is 2. The minimum Gasteiger partial charge on any atom is -0.507 e. The highest BCUT2D eigenvalue weighted by Gasteiger charge is 2.09. The second-order valence-electron chi connectivity index (χ2n) is 5.81. The molecule has 6 heteroatoms. The number of nitrogens with zero attached hydrogens (tertiary/aromatic N) is 2. The maximum atomic E-state index is 9.98. The lowest BCUT2D eigenvalue weighted by Gasteiger charge is -2.10. The van der Waals surface area contributed by atoms with Crippen molar-refractivity contribution < 1.29 is 10.2 Å². The Balaban J connectivity index is 2.14. The van der Waals surface area contributed by atoms with E-state index < -0.39 is 0 Å². The Bertz CT molecular complexity index is 832. The Morgan fingerprint density at radius 3 is 1.92 bits per heavy atom. The molecule has 0 spiro atoms. The molecule has 0 saturated carbocycles. The summed E-state index contributed by atoms with van der Waals surface area (Å²) in [5, 5.41) is 19.9. The number of rotatable bonds is 5. The van der Waals surface area contributed by atoms with Gasteiger partial charge in [0, 0.05) is 31.5 Å². The Morgan fingerprint density at radius 2 is 1.40 bits per heavy atom. The van der Waals surface area contributed by atoms with Crippen LogP contribution >= 0.6 is 31.9 Å². The lowest BCUT2D eigenvalue weighted by atomic mass is 10.1. The van der Waals surface area contributed by atoms with Gasteiger partial charge in [0.25, 0.3) is 0 Å². The number of hydrogen-bond acceptors (Lipinski definition) is 4. The van der Waals surface area contributed by atoms with E-state index in [1.807, 2.05) is 32.9 Å². The van der Waals surface area contributed by atoms with Crippen LogP contribution in [0.5, 0.6) is 11.5 Å². The van der Waals surface area contributed by atoms with E-state index in [9.17, 15) is 10.2 Å². The van der Waals surface area contributed by atoms with Crippen LogP contribution in [0.3, 0.4) is 0 Å². The van der Waals surface area contributed by atoms with Crippen molar-refractivity contribution >= 4 is 43.3 Å². The summed E-state index contributed by atoms with van der Waals surface area (Å²) >= 11 is 6.80. The zero-order chi connectivity index (χ0) is 18.6. The first-order valence-electron chi connectivity index (χ1n) is 7.81. The maximum Gasteiger partial charge on any atom is 0.124 e. The van der Waals surface area contributed by atoms with Gasteiger partial charge in [-0.1, -0.05) is 31.9 Å². The molecule has 0 aromatic heterocycles. The molecular formula is C19H20Br2N2O2. The zero-order valence-corrected chi connectivity index (χ0v) is 17.5. The van der Waals surface area contributed by atoms with Crippen molar-refractivity contribution in [2.75, 3.05) is 6.54 Å². The third-order valence-electron chi connectivity index (χ3n) is 3.70. The van der Waals surface area contributed by atoms with Gasteiger partial charge < -0.3 is 10.2 Å². The highest BCUT2D eigenvalue weighted by Crippen LogP contribution is 2.24. The summed E-state index contributed by atoms with van der Waals surface area (Å²) in [4.78, 5) is 9.15. The van der Waals surface area contributed by atoms with E-state index in [2.05, 4.69) is 41.8 Å². The van der Waals surface area contributed by atoms with Crippen molar-refractivity contribution in [2.24, 2.45) is 9.98 Å². The molecule has 4 nitrogen and oxygen atoms in total. The van der Waals surface area contributed by atoms with Crippen molar-refractivity contribution in [2.45, 2.75) is 26.8 Å². The quantitative estimate of drug-likeness (QED) is 0.583. The first-order chi connectivity index (χ1) is 11.8. The highest BCUT2D eigenvalue weighted by molar-refractivity contribution is 9.10. The van der Waals surface area contributed by atoms with Crippen LogP contribution in [0.1, 0.15) is 31.9 Å². The SMILES string of the molecule is CC(=NCC(C)N=C(C)c1cc(Br)ccc1O)c1cc(Br)ccc1O. The first-order valence-corrected chi connectivity index (χ1v) is 9.39. The Morgan fingerprint density at radius 1 is 0.920 bits per heavy atom. The van der Waals surface area contributed by atoms with Crippen molar-refractivity contribution in [3.8, 4) is 11.5 Å². The molecule has 0 saturated heterocycles. The van der Waals surface area contributed by atoms with Gasteiger partial charge in [0.2, 0.25) is 0 Å². The van der Waals surface area contributed by atoms with Crippen LogP contribution < -0.4 is 0 Å². The molecular weight excluding hydrogens is 448 g/mol. The minimum atomic E-state index is -0.0531. The summed E-state index contributed by atoms with van der Waals surface area (Å²) in [6, 6.07) is 10.5. The van der Waals surface area contributed by atoms with Gasteiger partial charge in [0.05, 0.1) is 12.6 Å². The number of aromatic hydroxyl groups is 2. The van der Waals surface area contributed by atoms with Crippen LogP contribution in [0.15, 0.2) is 55.3 Å². The minimum absolute atomic E-state index is 0.0531. The largest absolute Gasteiger partial charge is 0.507 e. The molecule has 132 valence electrons. The molecule has 25 heavy (non-hydrogen) atoms. The van der Waals surface area contributed by atoms with Gasteiger partial charge in [-0.25, -0.2) is 0 Å². The van der Waals surface area contributed by atoms with E-state index >= 15 is 0 Å². The molecule has 0 radical (unpaired) electrons. The average molecular weight is 468 g/mol. The van der Waals surface area contributed by atoms with Crippen molar-refractivity contribution in [3.63, 3.8) is 0 Å². The monoisotopic (exact) mass is 466 g/mol. The van der Waals surface area contributed by atoms with Gasteiger partial charge in [-0.3, -0.25) is 9.98 Å². The number of aliphatic imine (C=N–C) groups is 2. The Kier molecular flexibility index (Phi) is 6.79. The topological polar surface area (TPSA) is 65.2 Å². The summed E-state index contributed by atoms with van der Waals surface area (Å²) in [5.74, 6) is 0.409. The molecule has 0 heterocycles. The summed E-state index contributed by atoms with van der Waals surface area (Å²) in [6.45, 7) is 6.19. The smallest absolute Gasteiger partial charge is 0.124 e. The number of hydrogen-bond donors (Lipinski definition) is 2. The number of benzene rings is 2. The predicted octanol–water partition coefficient (Wildman–Crippen LogP) is 5.33. The van der Waals surface area contributed by atoms with Gasteiger partial charge in [-0.15, -0.1) is 0 Å². The van der Waals surface area contributed by atoms with Gasteiger partial charge in [0.15, 0.2) is 0 Å². The average Bonchev–Trinajstić information content (AvgIpc) is 2.57. The third-order valence-corrected chi connectivity index (χ3v) is 4.69. The predicted molar refractivity (Wildman–Crippen MR) is 110 cm³/mol. The molecule has 0 aliphatic heterocycles. The molecule has 1 unspecified atom stereocenters. The van der Waals surface area contributed by atoms with Crippen molar-refractivity contribution in [1.82, 2.24) is 0 Å². The fraction of sp³-hybridized carbons (Fsp3) is 0.263. The third kappa shape index (κ3) is 5.41. The molecule has 2 rings (SSSR count). The van der Waals surface area contributed by atoms with E-state index in [1.165, 1.54) is 0 Å². The molecule has 0 amide bonds. The lowest BCUT2D eigenvalue weighted by Crippen LogP contribution is -2.10. The van der Waals surface area contributed by atoms with Gasteiger partial charge in [0.1, 0.15) is 11.5 Å².